The van der Waals surface area contributed by atoms with Gasteiger partial charge in [0.15, 0.2) is 5.17 Å². The number of aliphatic imine (C=N–C) groups is 1. The van der Waals surface area contributed by atoms with Crippen molar-refractivity contribution in [3.05, 3.63) is 0 Å². The number of amidine groups is 1. The smallest absolute Gasteiger partial charge is 0.157 e. The second-order valence-electron chi connectivity index (χ2n) is 5.22. The Morgan fingerprint density at radius 1 is 1.20 bits per heavy atom. The molecular weight excluding hydrogens is 204 g/mol. The average Bonchev–Trinajstić information content (AvgIpc) is 2.49. The highest BCUT2D eigenvalue weighted by Crippen LogP contribution is 2.29. The van der Waals surface area contributed by atoms with Crippen molar-refractivity contribution in [1.82, 2.24) is 5.32 Å². The number of thioether (sulfide) groups is 1. The molecule has 0 aromatic carbocycles. The lowest BCUT2D eigenvalue weighted by atomic mass is 10.1. The number of nitrogens with zero attached hydrogens (tertiary/aromatic N) is 1. The molecule has 2 fully saturated rings. The van der Waals surface area contributed by atoms with Crippen LogP contribution in [0.4, 0.5) is 0 Å². The Bertz CT molecular complexity index is 240. The average molecular weight is 226 g/mol. The molecule has 86 valence electrons. The first-order valence-corrected chi connectivity index (χ1v) is 7.02. The molecule has 2 rings (SSSR count). The van der Waals surface area contributed by atoms with E-state index in [1.54, 1.807) is 0 Å². The summed E-state index contributed by atoms with van der Waals surface area (Å²) in [5.41, 5.74) is 0. The van der Waals surface area contributed by atoms with Gasteiger partial charge in [-0.05, 0) is 38.5 Å². The molecule has 3 heteroatoms. The van der Waals surface area contributed by atoms with Crippen LogP contribution in [0.3, 0.4) is 0 Å². The third kappa shape index (κ3) is 3.13. The number of hydrogen-bond donors (Lipinski definition) is 1. The summed E-state index contributed by atoms with van der Waals surface area (Å²) in [7, 11) is 0. The first-order valence-electron chi connectivity index (χ1n) is 6.14. The molecule has 0 amide bonds. The molecule has 2 nitrogen and oxygen atoms in total. The number of rotatable bonds is 1. The van der Waals surface area contributed by atoms with Crippen LogP contribution in [0, 0.1) is 5.92 Å². The Kier molecular flexibility index (Phi) is 3.60. The maximum atomic E-state index is 4.85. The van der Waals surface area contributed by atoms with Crippen molar-refractivity contribution < 1.29 is 0 Å². The van der Waals surface area contributed by atoms with Gasteiger partial charge >= 0.3 is 0 Å². The third-order valence-electron chi connectivity index (χ3n) is 3.34. The SMILES string of the molecule is CC1CCC(N=C2NC(C)CC(C)S2)C1. The normalized spacial score (nSPS) is 44.3. The van der Waals surface area contributed by atoms with E-state index in [2.05, 4.69) is 26.1 Å². The van der Waals surface area contributed by atoms with Crippen molar-refractivity contribution in [1.29, 1.82) is 0 Å². The molecule has 1 aliphatic carbocycles. The molecule has 0 bridgehead atoms. The van der Waals surface area contributed by atoms with Crippen molar-refractivity contribution in [3.63, 3.8) is 0 Å². The van der Waals surface area contributed by atoms with E-state index in [0.29, 0.717) is 12.1 Å². The van der Waals surface area contributed by atoms with Crippen LogP contribution in [0.15, 0.2) is 4.99 Å². The van der Waals surface area contributed by atoms with Gasteiger partial charge in [0.25, 0.3) is 0 Å². The molecule has 0 aromatic heterocycles. The Balaban J connectivity index is 1.94. The zero-order valence-electron chi connectivity index (χ0n) is 9.99. The van der Waals surface area contributed by atoms with Gasteiger partial charge in [-0.25, -0.2) is 0 Å². The van der Waals surface area contributed by atoms with Crippen molar-refractivity contribution in [3.8, 4) is 0 Å². The molecule has 2 aliphatic rings. The number of hydrogen-bond acceptors (Lipinski definition) is 2. The van der Waals surface area contributed by atoms with Crippen LogP contribution in [-0.4, -0.2) is 22.5 Å². The van der Waals surface area contributed by atoms with Gasteiger partial charge in [-0.15, -0.1) is 0 Å². The molecule has 0 spiro atoms. The zero-order chi connectivity index (χ0) is 10.8. The van der Waals surface area contributed by atoms with Crippen LogP contribution in [0.1, 0.15) is 46.5 Å². The second kappa shape index (κ2) is 4.77. The van der Waals surface area contributed by atoms with Gasteiger partial charge < -0.3 is 5.32 Å². The molecule has 1 N–H and O–H groups in total. The Morgan fingerprint density at radius 2 is 2.00 bits per heavy atom. The van der Waals surface area contributed by atoms with Crippen LogP contribution in [0.5, 0.6) is 0 Å². The van der Waals surface area contributed by atoms with Crippen LogP contribution in [0.2, 0.25) is 0 Å². The van der Waals surface area contributed by atoms with Crippen LogP contribution in [0.25, 0.3) is 0 Å². The maximum absolute atomic E-state index is 4.85. The highest BCUT2D eigenvalue weighted by molar-refractivity contribution is 8.14. The van der Waals surface area contributed by atoms with Crippen LogP contribution < -0.4 is 5.32 Å². The van der Waals surface area contributed by atoms with Crippen molar-refractivity contribution in [2.45, 2.75) is 63.8 Å². The number of nitrogens with one attached hydrogen (secondary N) is 1. The summed E-state index contributed by atoms with van der Waals surface area (Å²) < 4.78 is 0. The Labute approximate surface area is 97.3 Å². The molecular formula is C12H22N2S. The lowest BCUT2D eigenvalue weighted by Crippen LogP contribution is -2.38. The van der Waals surface area contributed by atoms with E-state index in [9.17, 15) is 0 Å². The van der Waals surface area contributed by atoms with E-state index in [4.69, 9.17) is 4.99 Å². The summed E-state index contributed by atoms with van der Waals surface area (Å²) in [6, 6.07) is 1.19. The van der Waals surface area contributed by atoms with Crippen LogP contribution >= 0.6 is 11.8 Å². The minimum atomic E-state index is 0.590. The molecule has 1 heterocycles. The fraction of sp³-hybridized carbons (Fsp3) is 0.917. The highest BCUT2D eigenvalue weighted by Gasteiger charge is 2.24. The summed E-state index contributed by atoms with van der Waals surface area (Å²) in [5, 5.41) is 5.42. The van der Waals surface area contributed by atoms with E-state index in [1.807, 2.05) is 11.8 Å². The molecule has 4 atom stereocenters. The minimum Gasteiger partial charge on any atom is -0.362 e. The Morgan fingerprint density at radius 3 is 2.60 bits per heavy atom. The van der Waals surface area contributed by atoms with Gasteiger partial charge in [-0.1, -0.05) is 25.6 Å². The standard InChI is InChI=1S/C12H22N2S/c1-8-4-5-11(6-8)14-12-13-9(2)7-10(3)15-12/h8-11H,4-7H2,1-3H3,(H,13,14). The highest BCUT2D eigenvalue weighted by atomic mass is 32.2. The van der Waals surface area contributed by atoms with E-state index >= 15 is 0 Å². The first-order chi connectivity index (χ1) is 7.13. The molecule has 0 radical (unpaired) electrons. The molecule has 0 aromatic rings. The van der Waals surface area contributed by atoms with Gasteiger partial charge in [-0.3, -0.25) is 4.99 Å². The third-order valence-corrected chi connectivity index (χ3v) is 4.38. The summed E-state index contributed by atoms with van der Waals surface area (Å²) in [6.07, 6.45) is 5.19. The minimum absolute atomic E-state index is 0.590. The second-order valence-corrected chi connectivity index (χ2v) is 6.64. The van der Waals surface area contributed by atoms with Gasteiger partial charge in [0.05, 0.1) is 6.04 Å². The molecule has 1 saturated carbocycles. The quantitative estimate of drug-likeness (QED) is 0.743. The monoisotopic (exact) mass is 226 g/mol. The summed E-state index contributed by atoms with van der Waals surface area (Å²) in [6.45, 7) is 6.89. The fourth-order valence-electron chi connectivity index (χ4n) is 2.57. The van der Waals surface area contributed by atoms with E-state index in [-0.39, 0.29) is 0 Å². The summed E-state index contributed by atoms with van der Waals surface area (Å²) in [5.74, 6) is 0.878. The molecule has 15 heavy (non-hydrogen) atoms. The van der Waals surface area contributed by atoms with E-state index in [0.717, 1.165) is 11.2 Å². The summed E-state index contributed by atoms with van der Waals surface area (Å²) in [4.78, 5) is 4.85. The van der Waals surface area contributed by atoms with E-state index in [1.165, 1.54) is 30.9 Å². The lowest BCUT2D eigenvalue weighted by Gasteiger charge is -2.27. The van der Waals surface area contributed by atoms with Crippen molar-refractivity contribution >= 4 is 16.9 Å². The fourth-order valence-corrected chi connectivity index (χ4v) is 3.81. The van der Waals surface area contributed by atoms with E-state index < -0.39 is 0 Å². The van der Waals surface area contributed by atoms with Gasteiger partial charge in [0.2, 0.25) is 0 Å². The van der Waals surface area contributed by atoms with Crippen molar-refractivity contribution in [2.75, 3.05) is 0 Å². The zero-order valence-corrected chi connectivity index (χ0v) is 10.8. The van der Waals surface area contributed by atoms with Crippen molar-refractivity contribution in [2.24, 2.45) is 10.9 Å². The maximum Gasteiger partial charge on any atom is 0.157 e. The predicted octanol–water partition coefficient (Wildman–Crippen LogP) is 3.03. The molecule has 4 unspecified atom stereocenters. The topological polar surface area (TPSA) is 24.4 Å². The largest absolute Gasteiger partial charge is 0.362 e. The Hall–Kier alpha value is -0.180. The molecule has 1 aliphatic heterocycles. The predicted molar refractivity (Wildman–Crippen MR) is 68.5 cm³/mol. The first kappa shape index (κ1) is 11.3. The van der Waals surface area contributed by atoms with Gasteiger partial charge in [0.1, 0.15) is 0 Å². The summed E-state index contributed by atoms with van der Waals surface area (Å²) >= 11 is 1.92. The van der Waals surface area contributed by atoms with Crippen LogP contribution in [-0.2, 0) is 0 Å². The van der Waals surface area contributed by atoms with Gasteiger partial charge in [0, 0.05) is 11.3 Å². The van der Waals surface area contributed by atoms with Gasteiger partial charge in [-0.2, -0.15) is 0 Å². The molecule has 1 saturated heterocycles. The lowest BCUT2D eigenvalue weighted by molar-refractivity contribution is 0.581.